The van der Waals surface area contributed by atoms with Crippen molar-refractivity contribution in [3.63, 3.8) is 0 Å². The van der Waals surface area contributed by atoms with E-state index in [4.69, 9.17) is 0 Å². The smallest absolute Gasteiger partial charge is 0.276 e. The fourth-order valence-corrected chi connectivity index (χ4v) is 3.23. The number of hydrogen-bond acceptors (Lipinski definition) is 4. The summed E-state index contributed by atoms with van der Waals surface area (Å²) < 4.78 is 1.98. The van der Waals surface area contributed by atoms with E-state index >= 15 is 0 Å². The van der Waals surface area contributed by atoms with Crippen molar-refractivity contribution in [3.05, 3.63) is 11.4 Å². The molecule has 1 aliphatic carbocycles. The molecule has 1 aromatic heterocycles. The topological polar surface area (TPSA) is 63.1 Å². The summed E-state index contributed by atoms with van der Waals surface area (Å²) in [5.41, 5.74) is 1.47. The van der Waals surface area contributed by atoms with E-state index in [0.717, 1.165) is 44.7 Å². The molecule has 20 heavy (non-hydrogen) atoms. The number of rotatable bonds is 2. The van der Waals surface area contributed by atoms with Gasteiger partial charge in [0.05, 0.1) is 11.7 Å². The Bertz CT molecular complexity index is 472. The zero-order chi connectivity index (χ0) is 13.9. The molecule has 2 fully saturated rings. The summed E-state index contributed by atoms with van der Waals surface area (Å²) in [6.45, 7) is 5.22. The van der Waals surface area contributed by atoms with Crippen molar-refractivity contribution >= 4 is 5.91 Å². The van der Waals surface area contributed by atoms with Crippen LogP contribution in [0, 0.1) is 6.92 Å². The summed E-state index contributed by atoms with van der Waals surface area (Å²) in [6, 6.07) is 0.431. The maximum absolute atomic E-state index is 12.5. The van der Waals surface area contributed by atoms with Gasteiger partial charge in [0.1, 0.15) is 0 Å². The molecule has 1 saturated heterocycles. The van der Waals surface area contributed by atoms with Crippen LogP contribution in [0.4, 0.5) is 0 Å². The third-order valence-electron chi connectivity index (χ3n) is 4.45. The number of nitrogens with zero attached hydrogens (tertiary/aromatic N) is 4. The lowest BCUT2D eigenvalue weighted by Crippen LogP contribution is -2.46. The van der Waals surface area contributed by atoms with Crippen molar-refractivity contribution in [1.29, 1.82) is 0 Å². The molecule has 1 amide bonds. The number of aromatic nitrogens is 3. The lowest BCUT2D eigenvalue weighted by molar-refractivity contribution is 0.0729. The van der Waals surface area contributed by atoms with Crippen LogP contribution in [-0.2, 0) is 0 Å². The number of nitrogens with one attached hydrogen (secondary N) is 1. The number of carbonyl (C=O) groups excluding carboxylic acids is 1. The van der Waals surface area contributed by atoms with Gasteiger partial charge in [-0.2, -0.15) is 0 Å². The molecule has 6 nitrogen and oxygen atoms in total. The van der Waals surface area contributed by atoms with Gasteiger partial charge in [-0.25, -0.2) is 4.68 Å². The molecule has 2 aliphatic rings. The van der Waals surface area contributed by atoms with Gasteiger partial charge in [-0.05, 0) is 19.8 Å². The standard InChI is InChI=1S/C14H23N5O/c1-11-13(14(20)18-9-7-15-8-10-18)16-17-19(11)12-5-3-2-4-6-12/h12,15H,2-10H2,1H3. The fraction of sp³-hybridized carbons (Fsp3) is 0.786. The Morgan fingerprint density at radius 1 is 1.20 bits per heavy atom. The number of piperazine rings is 1. The molecule has 0 aromatic carbocycles. The Labute approximate surface area is 119 Å². The lowest BCUT2D eigenvalue weighted by atomic mass is 9.95. The highest BCUT2D eigenvalue weighted by Gasteiger charge is 2.26. The van der Waals surface area contributed by atoms with Gasteiger partial charge in [-0.15, -0.1) is 5.10 Å². The third-order valence-corrected chi connectivity index (χ3v) is 4.45. The zero-order valence-corrected chi connectivity index (χ0v) is 12.1. The van der Waals surface area contributed by atoms with Crippen LogP contribution < -0.4 is 5.32 Å². The minimum absolute atomic E-state index is 0.0334. The van der Waals surface area contributed by atoms with Crippen LogP contribution in [0.3, 0.4) is 0 Å². The van der Waals surface area contributed by atoms with E-state index in [1.807, 2.05) is 16.5 Å². The predicted octanol–water partition coefficient (Wildman–Crippen LogP) is 1.14. The van der Waals surface area contributed by atoms with Gasteiger partial charge < -0.3 is 10.2 Å². The normalized spacial score (nSPS) is 21.1. The molecule has 110 valence electrons. The first-order valence-corrected chi connectivity index (χ1v) is 7.69. The molecule has 1 N–H and O–H groups in total. The molecule has 6 heteroatoms. The van der Waals surface area contributed by atoms with Crippen molar-refractivity contribution in [3.8, 4) is 0 Å². The molecule has 0 spiro atoms. The molecular weight excluding hydrogens is 254 g/mol. The van der Waals surface area contributed by atoms with Crippen LogP contribution in [-0.4, -0.2) is 52.0 Å². The summed E-state index contributed by atoms with van der Waals surface area (Å²) in [7, 11) is 0. The van der Waals surface area contributed by atoms with Crippen LogP contribution in [0.1, 0.15) is 54.3 Å². The Morgan fingerprint density at radius 2 is 1.90 bits per heavy atom. The molecule has 3 rings (SSSR count). The maximum Gasteiger partial charge on any atom is 0.276 e. The number of amides is 1. The zero-order valence-electron chi connectivity index (χ0n) is 12.1. The third kappa shape index (κ3) is 2.57. The first-order valence-electron chi connectivity index (χ1n) is 7.69. The Balaban J connectivity index is 1.76. The molecular formula is C14H23N5O. The average Bonchev–Trinajstić information content (AvgIpc) is 2.90. The second-order valence-electron chi connectivity index (χ2n) is 5.80. The second kappa shape index (κ2) is 5.91. The van der Waals surface area contributed by atoms with Gasteiger partial charge in [-0.3, -0.25) is 4.79 Å². The molecule has 1 saturated carbocycles. The van der Waals surface area contributed by atoms with Crippen molar-refractivity contribution in [2.24, 2.45) is 0 Å². The highest BCUT2D eigenvalue weighted by Crippen LogP contribution is 2.28. The summed E-state index contributed by atoms with van der Waals surface area (Å²) in [4.78, 5) is 14.4. The van der Waals surface area contributed by atoms with Crippen LogP contribution in [0.5, 0.6) is 0 Å². The van der Waals surface area contributed by atoms with Crippen molar-refractivity contribution in [1.82, 2.24) is 25.2 Å². The summed E-state index contributed by atoms with van der Waals surface area (Å²) >= 11 is 0. The van der Waals surface area contributed by atoms with Crippen LogP contribution in [0.2, 0.25) is 0 Å². The molecule has 1 aliphatic heterocycles. The van der Waals surface area contributed by atoms with Crippen molar-refractivity contribution in [2.45, 2.75) is 45.1 Å². The number of carbonyl (C=O) groups is 1. The summed E-state index contributed by atoms with van der Waals surface area (Å²) in [5.74, 6) is 0.0334. The van der Waals surface area contributed by atoms with E-state index in [9.17, 15) is 4.79 Å². The minimum atomic E-state index is 0.0334. The monoisotopic (exact) mass is 277 g/mol. The summed E-state index contributed by atoms with van der Waals surface area (Å²) in [5, 5.41) is 11.7. The van der Waals surface area contributed by atoms with Gasteiger partial charge in [-0.1, -0.05) is 24.5 Å². The van der Waals surface area contributed by atoms with Gasteiger partial charge in [0.25, 0.3) is 5.91 Å². The highest BCUT2D eigenvalue weighted by molar-refractivity contribution is 5.93. The van der Waals surface area contributed by atoms with E-state index in [1.165, 1.54) is 19.3 Å². The Morgan fingerprint density at radius 3 is 2.60 bits per heavy atom. The quantitative estimate of drug-likeness (QED) is 0.880. The van der Waals surface area contributed by atoms with Gasteiger partial charge >= 0.3 is 0 Å². The van der Waals surface area contributed by atoms with Gasteiger partial charge in [0, 0.05) is 26.2 Å². The van der Waals surface area contributed by atoms with Gasteiger partial charge in [0.15, 0.2) is 5.69 Å². The molecule has 2 heterocycles. The maximum atomic E-state index is 12.5. The molecule has 0 unspecified atom stereocenters. The number of hydrogen-bond donors (Lipinski definition) is 1. The van der Waals surface area contributed by atoms with E-state index in [0.29, 0.717) is 11.7 Å². The largest absolute Gasteiger partial charge is 0.335 e. The molecule has 0 radical (unpaired) electrons. The SMILES string of the molecule is Cc1c(C(=O)N2CCNCC2)nnn1C1CCCCC1. The Hall–Kier alpha value is -1.43. The fourth-order valence-electron chi connectivity index (χ4n) is 3.23. The minimum Gasteiger partial charge on any atom is -0.335 e. The Kier molecular flexibility index (Phi) is 4.00. The molecule has 0 bridgehead atoms. The van der Waals surface area contributed by atoms with Crippen LogP contribution in [0.25, 0.3) is 0 Å². The van der Waals surface area contributed by atoms with E-state index in [1.54, 1.807) is 0 Å². The highest BCUT2D eigenvalue weighted by atomic mass is 16.2. The predicted molar refractivity (Wildman–Crippen MR) is 75.7 cm³/mol. The van der Waals surface area contributed by atoms with Crippen LogP contribution in [0.15, 0.2) is 0 Å². The molecule has 0 atom stereocenters. The molecule has 1 aromatic rings. The van der Waals surface area contributed by atoms with Gasteiger partial charge in [0.2, 0.25) is 0 Å². The van der Waals surface area contributed by atoms with E-state index in [2.05, 4.69) is 15.6 Å². The van der Waals surface area contributed by atoms with E-state index in [-0.39, 0.29) is 5.91 Å². The second-order valence-corrected chi connectivity index (χ2v) is 5.80. The first-order chi connectivity index (χ1) is 9.77. The average molecular weight is 277 g/mol. The lowest BCUT2D eigenvalue weighted by Gasteiger charge is -2.27. The van der Waals surface area contributed by atoms with Crippen molar-refractivity contribution < 1.29 is 4.79 Å². The van der Waals surface area contributed by atoms with E-state index < -0.39 is 0 Å². The van der Waals surface area contributed by atoms with Crippen LogP contribution >= 0.6 is 0 Å². The first kappa shape index (κ1) is 13.5. The van der Waals surface area contributed by atoms with Crippen molar-refractivity contribution in [2.75, 3.05) is 26.2 Å². The summed E-state index contributed by atoms with van der Waals surface area (Å²) in [6.07, 6.45) is 6.14.